The number of primary amides is 1. The van der Waals surface area contributed by atoms with E-state index < -0.39 is 19.6 Å². The van der Waals surface area contributed by atoms with E-state index in [0.29, 0.717) is 61.5 Å². The van der Waals surface area contributed by atoms with Crippen LogP contribution in [-0.2, 0) is 27.2 Å². The summed E-state index contributed by atoms with van der Waals surface area (Å²) in [5.74, 6) is 0.118. The first-order chi connectivity index (χ1) is 27.7. The van der Waals surface area contributed by atoms with Gasteiger partial charge in [-0.3, -0.25) is 9.78 Å². The number of carbonyl (C=O) groups is 2. The van der Waals surface area contributed by atoms with Gasteiger partial charge in [-0.15, -0.1) is 0 Å². The molecular weight excluding hydrogens is 768 g/mol. The molecular formula is C45H59ClN6O5Si. The van der Waals surface area contributed by atoms with Crippen LogP contribution in [0.3, 0.4) is 0 Å². The fourth-order valence-electron chi connectivity index (χ4n) is 6.48. The average molecular weight is 828 g/mol. The van der Waals surface area contributed by atoms with E-state index in [1.807, 2.05) is 51.1 Å². The van der Waals surface area contributed by atoms with Crippen LogP contribution >= 0.6 is 11.6 Å². The largest absolute Gasteiger partial charge is 0.444 e. The lowest BCUT2D eigenvalue weighted by atomic mass is 9.97. The zero-order valence-corrected chi connectivity index (χ0v) is 36.6. The Balaban J connectivity index is 1.11. The average Bonchev–Trinajstić information content (AvgIpc) is 3.17. The molecule has 310 valence electrons. The SMILES string of the molecule is CC(C)(C)OC(=O)N(CCCCNCc1ccc(-c2ccccc2CCOCOCC[Si](C)(C)C)c(Cl)c1)CCNc1nc2cc(C(N)=O)ccc2c2cnccc12. The van der Waals surface area contributed by atoms with Crippen LogP contribution in [0.1, 0.15) is 55.1 Å². The van der Waals surface area contributed by atoms with Gasteiger partial charge in [0.15, 0.2) is 0 Å². The van der Waals surface area contributed by atoms with Gasteiger partial charge in [0.2, 0.25) is 5.91 Å². The number of nitrogens with two attached hydrogens (primary N) is 1. The van der Waals surface area contributed by atoms with Crippen molar-refractivity contribution in [2.45, 2.75) is 77.9 Å². The Bertz CT molecular complexity index is 2150. The lowest BCUT2D eigenvalue weighted by molar-refractivity contribution is -0.0483. The third-order valence-corrected chi connectivity index (χ3v) is 11.6. The Kier molecular flexibility index (Phi) is 16.0. The van der Waals surface area contributed by atoms with Crippen LogP contribution in [0.15, 0.2) is 79.1 Å². The van der Waals surface area contributed by atoms with E-state index in [4.69, 9.17) is 36.5 Å². The van der Waals surface area contributed by atoms with Crippen molar-refractivity contribution < 1.29 is 23.8 Å². The molecule has 0 aliphatic rings. The highest BCUT2D eigenvalue weighted by atomic mass is 35.5. The molecule has 0 aliphatic heterocycles. The quantitative estimate of drug-likeness (QED) is 0.0286. The van der Waals surface area contributed by atoms with Gasteiger partial charge in [0.25, 0.3) is 0 Å². The van der Waals surface area contributed by atoms with Crippen LogP contribution in [0, 0.1) is 0 Å². The zero-order chi connectivity index (χ0) is 41.7. The molecule has 2 heterocycles. The second-order valence-electron chi connectivity index (χ2n) is 16.7. The summed E-state index contributed by atoms with van der Waals surface area (Å²) in [5.41, 5.74) is 10.3. The Hall–Kier alpha value is -4.59. The van der Waals surface area contributed by atoms with Crippen molar-refractivity contribution in [2.24, 2.45) is 5.73 Å². The Morgan fingerprint density at radius 3 is 2.43 bits per heavy atom. The van der Waals surface area contributed by atoms with Gasteiger partial charge < -0.3 is 35.5 Å². The second-order valence-corrected chi connectivity index (χ2v) is 22.8. The van der Waals surface area contributed by atoms with Gasteiger partial charge in [-0.25, -0.2) is 9.78 Å². The van der Waals surface area contributed by atoms with E-state index in [9.17, 15) is 9.59 Å². The molecule has 0 spiro atoms. The molecule has 0 bridgehead atoms. The number of amides is 2. The summed E-state index contributed by atoms with van der Waals surface area (Å²) in [6.07, 6.45) is 5.56. The number of fused-ring (bicyclic) bond motifs is 3. The molecule has 0 fully saturated rings. The number of rotatable bonds is 21. The number of nitrogens with zero attached hydrogens (tertiary/aromatic N) is 3. The minimum atomic E-state index is -1.11. The lowest BCUT2D eigenvalue weighted by Crippen LogP contribution is -2.40. The number of pyridine rings is 2. The third-order valence-electron chi connectivity index (χ3n) is 9.59. The van der Waals surface area contributed by atoms with E-state index in [0.717, 1.165) is 71.3 Å². The van der Waals surface area contributed by atoms with Crippen molar-refractivity contribution in [2.75, 3.05) is 51.5 Å². The van der Waals surface area contributed by atoms with Crippen LogP contribution in [0.2, 0.25) is 30.7 Å². The normalized spacial score (nSPS) is 11.9. The maximum atomic E-state index is 13.3. The fourth-order valence-corrected chi connectivity index (χ4v) is 7.54. The molecule has 2 aromatic heterocycles. The van der Waals surface area contributed by atoms with Gasteiger partial charge in [-0.1, -0.05) is 73.7 Å². The molecule has 13 heteroatoms. The summed E-state index contributed by atoms with van der Waals surface area (Å²) >= 11 is 6.86. The molecule has 0 unspecified atom stereocenters. The van der Waals surface area contributed by atoms with Gasteiger partial charge in [-0.2, -0.15) is 0 Å². The number of benzene rings is 3. The maximum absolute atomic E-state index is 13.3. The number of anilines is 1. The topological polar surface area (TPSA) is 141 Å². The van der Waals surface area contributed by atoms with E-state index in [2.05, 4.69) is 59.5 Å². The van der Waals surface area contributed by atoms with Crippen molar-refractivity contribution in [3.8, 4) is 11.1 Å². The summed E-state index contributed by atoms with van der Waals surface area (Å²) < 4.78 is 17.2. The predicted octanol–water partition coefficient (Wildman–Crippen LogP) is 9.29. The number of halogens is 1. The molecule has 0 saturated carbocycles. The van der Waals surface area contributed by atoms with Crippen molar-refractivity contribution in [1.29, 1.82) is 0 Å². The molecule has 5 rings (SSSR count). The molecule has 4 N–H and O–H groups in total. The molecule has 2 amide bonds. The summed E-state index contributed by atoms with van der Waals surface area (Å²) in [7, 11) is -1.11. The van der Waals surface area contributed by atoms with Gasteiger partial charge in [0.1, 0.15) is 18.2 Å². The predicted molar refractivity (Wildman–Crippen MR) is 238 cm³/mol. The van der Waals surface area contributed by atoms with Crippen molar-refractivity contribution in [3.63, 3.8) is 0 Å². The molecule has 58 heavy (non-hydrogen) atoms. The molecule has 5 aromatic rings. The van der Waals surface area contributed by atoms with E-state index >= 15 is 0 Å². The standard InChI is InChI=1S/C45H59ClN6O5Si/c1-45(2,3)57-44(54)52(23-21-50-43-38-17-20-49-30-39(38)37-16-14-34(42(47)53)28-41(37)51-43)22-10-9-19-48-29-32-13-15-36(40(46)27-32)35-12-8-7-11-33(35)18-24-55-31-56-25-26-58(4,5)6/h7-8,11-17,20,27-28,30,48H,9-10,18-19,21-26,29,31H2,1-6H3,(H2,47,53)(H,50,51). The molecule has 0 saturated heterocycles. The second kappa shape index (κ2) is 20.9. The summed E-state index contributed by atoms with van der Waals surface area (Å²) in [6.45, 7) is 17.1. The minimum absolute atomic E-state index is 0.318. The minimum Gasteiger partial charge on any atom is -0.444 e. The van der Waals surface area contributed by atoms with E-state index in [1.54, 1.807) is 29.4 Å². The molecule has 11 nitrogen and oxygen atoms in total. The van der Waals surface area contributed by atoms with Gasteiger partial charge in [0, 0.05) is 85.6 Å². The summed E-state index contributed by atoms with van der Waals surface area (Å²) in [4.78, 5) is 36.0. The number of nitrogens with one attached hydrogen (secondary N) is 2. The van der Waals surface area contributed by atoms with E-state index in [1.165, 1.54) is 5.56 Å². The Morgan fingerprint density at radius 1 is 0.879 bits per heavy atom. The number of carbonyl (C=O) groups excluding carboxylic acids is 2. The van der Waals surface area contributed by atoms with Gasteiger partial charge in [-0.05, 0) is 93.6 Å². The van der Waals surface area contributed by atoms with Gasteiger partial charge >= 0.3 is 6.09 Å². The first-order valence-corrected chi connectivity index (χ1v) is 24.2. The van der Waals surface area contributed by atoms with E-state index in [-0.39, 0.29) is 6.09 Å². The van der Waals surface area contributed by atoms with Crippen LogP contribution in [0.4, 0.5) is 10.6 Å². The lowest BCUT2D eigenvalue weighted by Gasteiger charge is -2.27. The smallest absolute Gasteiger partial charge is 0.410 e. The van der Waals surface area contributed by atoms with Crippen molar-refractivity contribution in [1.82, 2.24) is 20.2 Å². The fraction of sp³-hybridized carbons (Fsp3) is 0.422. The number of unbranched alkanes of at least 4 members (excludes halogenated alkanes) is 1. The first kappa shape index (κ1) is 44.5. The molecule has 0 radical (unpaired) electrons. The maximum Gasteiger partial charge on any atom is 0.410 e. The van der Waals surface area contributed by atoms with Crippen molar-refractivity contribution >= 4 is 59.2 Å². The highest BCUT2D eigenvalue weighted by molar-refractivity contribution is 6.76. The molecule has 0 aliphatic carbocycles. The summed E-state index contributed by atoms with van der Waals surface area (Å²) in [6, 6.07) is 22.8. The molecule has 0 atom stereocenters. The zero-order valence-electron chi connectivity index (χ0n) is 34.8. The van der Waals surface area contributed by atoms with Crippen LogP contribution < -0.4 is 16.4 Å². The number of ether oxygens (including phenoxy) is 3. The monoisotopic (exact) mass is 826 g/mol. The number of hydrogen-bond acceptors (Lipinski definition) is 9. The van der Waals surface area contributed by atoms with Crippen LogP contribution in [-0.4, -0.2) is 86.7 Å². The molecule has 3 aromatic carbocycles. The van der Waals surface area contributed by atoms with Crippen LogP contribution in [0.25, 0.3) is 32.8 Å². The third kappa shape index (κ3) is 13.5. The first-order valence-electron chi connectivity index (χ1n) is 20.1. The number of aromatic nitrogens is 2. The Morgan fingerprint density at radius 2 is 1.67 bits per heavy atom. The number of hydrogen-bond donors (Lipinski definition) is 3. The van der Waals surface area contributed by atoms with Crippen LogP contribution in [0.5, 0.6) is 0 Å². The summed E-state index contributed by atoms with van der Waals surface area (Å²) in [5, 5.41) is 10.3. The highest BCUT2D eigenvalue weighted by Crippen LogP contribution is 2.32. The van der Waals surface area contributed by atoms with Gasteiger partial charge in [0.05, 0.1) is 12.1 Å². The Labute approximate surface area is 349 Å². The highest BCUT2D eigenvalue weighted by Gasteiger charge is 2.22. The van der Waals surface area contributed by atoms with Crippen molar-refractivity contribution in [3.05, 3.63) is 101 Å².